The molecule has 1 aliphatic rings. The molecular weight excluding hydrogens is 306 g/mol. The molecule has 0 aliphatic heterocycles. The van der Waals surface area contributed by atoms with Crippen LogP contribution in [-0.2, 0) is 19.8 Å². The summed E-state index contributed by atoms with van der Waals surface area (Å²) >= 11 is 0. The lowest BCUT2D eigenvalue weighted by Crippen LogP contribution is -2.36. The molecule has 1 aromatic rings. The highest BCUT2D eigenvalue weighted by Crippen LogP contribution is 2.41. The molecule has 1 fully saturated rings. The van der Waals surface area contributed by atoms with Gasteiger partial charge in [-0.1, -0.05) is 12.1 Å². The first kappa shape index (κ1) is 18.7. The van der Waals surface area contributed by atoms with Gasteiger partial charge < -0.3 is 14.2 Å². The van der Waals surface area contributed by atoms with Gasteiger partial charge in [-0.15, -0.1) is 0 Å². The number of ether oxygens (including phenoxy) is 3. The summed E-state index contributed by atoms with van der Waals surface area (Å²) in [6.45, 7) is 5.53. The summed E-state index contributed by atoms with van der Waals surface area (Å²) < 4.78 is 16.7. The maximum Gasteiger partial charge on any atom is 0.412 e. The van der Waals surface area contributed by atoms with Gasteiger partial charge in [-0.3, -0.25) is 5.32 Å². The zero-order valence-corrected chi connectivity index (χ0v) is 15.3. The number of carbonyl (C=O) groups excluding carboxylic acids is 1. The van der Waals surface area contributed by atoms with Gasteiger partial charge in [-0.25, -0.2) is 4.79 Å². The first-order chi connectivity index (χ1) is 11.3. The van der Waals surface area contributed by atoms with E-state index in [0.717, 1.165) is 31.2 Å². The van der Waals surface area contributed by atoms with E-state index in [9.17, 15) is 4.79 Å². The lowest BCUT2D eigenvalue weighted by molar-refractivity contribution is -0.0761. The minimum atomic E-state index is -0.520. The number of anilines is 1. The van der Waals surface area contributed by atoms with Gasteiger partial charge in [0.1, 0.15) is 5.60 Å². The average Bonchev–Trinajstić information content (AvgIpc) is 2.53. The van der Waals surface area contributed by atoms with Gasteiger partial charge in [0, 0.05) is 19.9 Å². The highest BCUT2D eigenvalue weighted by Gasteiger charge is 2.37. The van der Waals surface area contributed by atoms with Crippen LogP contribution >= 0.6 is 0 Å². The molecule has 0 radical (unpaired) electrons. The first-order valence-electron chi connectivity index (χ1n) is 8.46. The molecule has 1 aliphatic carbocycles. The van der Waals surface area contributed by atoms with Crippen molar-refractivity contribution in [2.24, 2.45) is 0 Å². The molecule has 0 bridgehead atoms. The maximum absolute atomic E-state index is 12.0. The monoisotopic (exact) mass is 335 g/mol. The van der Waals surface area contributed by atoms with Gasteiger partial charge in [0.15, 0.2) is 0 Å². The molecule has 0 atom stereocenters. The number of hydrogen-bond donors (Lipinski definition) is 1. The summed E-state index contributed by atoms with van der Waals surface area (Å²) in [4.78, 5) is 12.0. The fraction of sp³-hybridized carbons (Fsp3) is 0.632. The van der Waals surface area contributed by atoms with Crippen molar-refractivity contribution in [3.05, 3.63) is 29.8 Å². The molecule has 2 rings (SSSR count). The summed E-state index contributed by atoms with van der Waals surface area (Å²) in [7, 11) is 3.51. The third kappa shape index (κ3) is 4.71. The quantitative estimate of drug-likeness (QED) is 0.882. The van der Waals surface area contributed by atoms with Crippen LogP contribution in [0.4, 0.5) is 10.5 Å². The van der Waals surface area contributed by atoms with Crippen molar-refractivity contribution in [1.82, 2.24) is 0 Å². The molecule has 134 valence electrons. The van der Waals surface area contributed by atoms with Crippen LogP contribution in [0.5, 0.6) is 0 Å². The van der Waals surface area contributed by atoms with Gasteiger partial charge >= 0.3 is 6.09 Å². The molecule has 0 aromatic heterocycles. The standard InChI is InChI=1S/C19H29NO4/c1-18(2,3)24-17(21)20-15-8-6-7-14(13-15)19(23-5)11-9-16(22-4)10-12-19/h6-8,13,16H,9-12H2,1-5H3,(H,20,21). The van der Waals surface area contributed by atoms with Crippen LogP contribution in [0.2, 0.25) is 0 Å². The Morgan fingerprint density at radius 3 is 2.42 bits per heavy atom. The second-order valence-corrected chi connectivity index (χ2v) is 7.34. The van der Waals surface area contributed by atoms with E-state index >= 15 is 0 Å². The molecule has 24 heavy (non-hydrogen) atoms. The third-order valence-corrected chi connectivity index (χ3v) is 4.50. The Kier molecular flexibility index (Phi) is 5.88. The third-order valence-electron chi connectivity index (χ3n) is 4.50. The van der Waals surface area contributed by atoms with Crippen molar-refractivity contribution in [3.8, 4) is 0 Å². The van der Waals surface area contributed by atoms with E-state index in [1.54, 1.807) is 14.2 Å². The summed E-state index contributed by atoms with van der Waals surface area (Å²) in [5.41, 5.74) is 0.953. The minimum absolute atomic E-state index is 0.302. The summed E-state index contributed by atoms with van der Waals surface area (Å²) in [6.07, 6.45) is 3.59. The first-order valence-corrected chi connectivity index (χ1v) is 8.46. The molecule has 1 aromatic carbocycles. The smallest absolute Gasteiger partial charge is 0.412 e. The van der Waals surface area contributed by atoms with Crippen LogP contribution in [0.3, 0.4) is 0 Å². The molecule has 0 heterocycles. The van der Waals surface area contributed by atoms with E-state index in [1.807, 2.05) is 39.0 Å². The molecule has 5 heteroatoms. The molecule has 0 saturated heterocycles. The van der Waals surface area contributed by atoms with Gasteiger partial charge in [-0.2, -0.15) is 0 Å². The summed E-state index contributed by atoms with van der Waals surface area (Å²) in [6, 6.07) is 7.82. The lowest BCUT2D eigenvalue weighted by Gasteiger charge is -2.39. The molecule has 1 saturated carbocycles. The van der Waals surface area contributed by atoms with Crippen LogP contribution in [-0.4, -0.2) is 32.0 Å². The van der Waals surface area contributed by atoms with E-state index in [1.165, 1.54) is 0 Å². The zero-order chi connectivity index (χ0) is 17.8. The Morgan fingerprint density at radius 1 is 1.21 bits per heavy atom. The van der Waals surface area contributed by atoms with Crippen LogP contribution in [0, 0.1) is 0 Å². The predicted molar refractivity (Wildman–Crippen MR) is 94.3 cm³/mol. The van der Waals surface area contributed by atoms with Gasteiger partial charge in [-0.05, 0) is 64.2 Å². The zero-order valence-electron chi connectivity index (χ0n) is 15.3. The van der Waals surface area contributed by atoms with Gasteiger partial charge in [0.05, 0.1) is 11.7 Å². The molecule has 1 amide bonds. The second-order valence-electron chi connectivity index (χ2n) is 7.34. The molecule has 1 N–H and O–H groups in total. The van der Waals surface area contributed by atoms with E-state index in [4.69, 9.17) is 14.2 Å². The van der Waals surface area contributed by atoms with Crippen molar-refractivity contribution in [2.45, 2.75) is 63.8 Å². The highest BCUT2D eigenvalue weighted by molar-refractivity contribution is 5.85. The van der Waals surface area contributed by atoms with E-state index in [2.05, 4.69) is 11.4 Å². The highest BCUT2D eigenvalue weighted by atomic mass is 16.6. The SMILES string of the molecule is COC1CCC(OC)(c2cccc(NC(=O)OC(C)(C)C)c2)CC1. The van der Waals surface area contributed by atoms with Gasteiger partial charge in [0.2, 0.25) is 0 Å². The number of hydrogen-bond acceptors (Lipinski definition) is 4. The minimum Gasteiger partial charge on any atom is -0.444 e. The van der Waals surface area contributed by atoms with Crippen molar-refractivity contribution in [3.63, 3.8) is 0 Å². The van der Waals surface area contributed by atoms with Crippen LogP contribution in [0.25, 0.3) is 0 Å². The average molecular weight is 335 g/mol. The number of methoxy groups -OCH3 is 2. The number of nitrogens with one attached hydrogen (secondary N) is 1. The Labute approximate surface area is 144 Å². The largest absolute Gasteiger partial charge is 0.444 e. The molecule has 5 nitrogen and oxygen atoms in total. The summed E-state index contributed by atoms with van der Waals surface area (Å²) in [5.74, 6) is 0. The fourth-order valence-corrected chi connectivity index (χ4v) is 3.21. The van der Waals surface area contributed by atoms with Crippen molar-refractivity contribution in [1.29, 1.82) is 0 Å². The molecule has 0 unspecified atom stereocenters. The van der Waals surface area contributed by atoms with Gasteiger partial charge in [0.25, 0.3) is 0 Å². The van der Waals surface area contributed by atoms with E-state index < -0.39 is 11.7 Å². The number of amides is 1. The van der Waals surface area contributed by atoms with E-state index in [-0.39, 0.29) is 5.60 Å². The van der Waals surface area contributed by atoms with Crippen LogP contribution < -0.4 is 5.32 Å². The molecule has 0 spiro atoms. The van der Waals surface area contributed by atoms with Crippen LogP contribution in [0.1, 0.15) is 52.0 Å². The normalized spacial score (nSPS) is 24.5. The molecular formula is C19H29NO4. The Hall–Kier alpha value is -1.59. The number of benzene rings is 1. The Morgan fingerprint density at radius 2 is 1.88 bits per heavy atom. The Balaban J connectivity index is 2.12. The fourth-order valence-electron chi connectivity index (χ4n) is 3.21. The van der Waals surface area contributed by atoms with Crippen molar-refractivity contribution < 1.29 is 19.0 Å². The van der Waals surface area contributed by atoms with Crippen LogP contribution in [0.15, 0.2) is 24.3 Å². The van der Waals surface area contributed by atoms with Crippen molar-refractivity contribution in [2.75, 3.05) is 19.5 Å². The summed E-state index contributed by atoms with van der Waals surface area (Å²) in [5, 5.41) is 2.80. The topological polar surface area (TPSA) is 56.8 Å². The van der Waals surface area contributed by atoms with Crippen molar-refractivity contribution >= 4 is 11.8 Å². The maximum atomic E-state index is 12.0. The predicted octanol–water partition coefficient (Wildman–Crippen LogP) is 4.46. The lowest BCUT2D eigenvalue weighted by atomic mass is 9.78. The number of rotatable bonds is 4. The van der Waals surface area contributed by atoms with E-state index in [0.29, 0.717) is 11.8 Å². The second kappa shape index (κ2) is 7.53. The number of carbonyl (C=O) groups is 1. The Bertz CT molecular complexity index is 557.